The third-order valence-electron chi connectivity index (χ3n) is 2.23. The number of aliphatic hydroxyl groups is 1. The van der Waals surface area contributed by atoms with Gasteiger partial charge in [0.15, 0.2) is 6.04 Å². The van der Waals surface area contributed by atoms with Crippen LogP contribution in [0.3, 0.4) is 0 Å². The van der Waals surface area contributed by atoms with Gasteiger partial charge in [0.1, 0.15) is 0 Å². The van der Waals surface area contributed by atoms with Crippen molar-refractivity contribution in [1.29, 1.82) is 0 Å². The molecular weight excluding hydrogens is 260 g/mol. The smallest absolute Gasteiger partial charge is 0.328 e. The van der Waals surface area contributed by atoms with Crippen LogP contribution in [0.15, 0.2) is 18.2 Å². The zero-order chi connectivity index (χ0) is 13.7. The molecule has 0 saturated carbocycles. The van der Waals surface area contributed by atoms with Gasteiger partial charge in [-0.15, -0.1) is 0 Å². The maximum atomic E-state index is 11.5. The highest BCUT2D eigenvalue weighted by molar-refractivity contribution is 6.31. The number of nitrogens with one attached hydrogen (secondary N) is 2. The number of anilines is 1. The van der Waals surface area contributed by atoms with Crippen LogP contribution in [0.1, 0.15) is 5.56 Å². The van der Waals surface area contributed by atoms with Crippen molar-refractivity contribution in [2.75, 3.05) is 11.9 Å². The van der Waals surface area contributed by atoms with E-state index in [-0.39, 0.29) is 0 Å². The third kappa shape index (κ3) is 3.90. The highest BCUT2D eigenvalue weighted by atomic mass is 35.5. The van der Waals surface area contributed by atoms with Crippen LogP contribution in [0.2, 0.25) is 5.02 Å². The van der Waals surface area contributed by atoms with Crippen LogP contribution >= 0.6 is 11.6 Å². The summed E-state index contributed by atoms with van der Waals surface area (Å²) in [6.07, 6.45) is 0. The number of carboxylic acids is 1. The van der Waals surface area contributed by atoms with Gasteiger partial charge in [-0.05, 0) is 24.6 Å². The maximum Gasteiger partial charge on any atom is 0.328 e. The van der Waals surface area contributed by atoms with E-state index in [0.29, 0.717) is 10.7 Å². The molecule has 0 aliphatic heterocycles. The molecule has 0 aliphatic rings. The number of carbonyl (C=O) groups is 2. The molecule has 0 bridgehead atoms. The van der Waals surface area contributed by atoms with Crippen LogP contribution in [0.25, 0.3) is 0 Å². The van der Waals surface area contributed by atoms with Gasteiger partial charge in [-0.1, -0.05) is 17.7 Å². The number of benzene rings is 1. The molecule has 1 aromatic carbocycles. The summed E-state index contributed by atoms with van der Waals surface area (Å²) in [7, 11) is 0. The lowest BCUT2D eigenvalue weighted by molar-refractivity contribution is -0.140. The number of amides is 2. The molecule has 1 rings (SSSR count). The van der Waals surface area contributed by atoms with Gasteiger partial charge >= 0.3 is 12.0 Å². The van der Waals surface area contributed by atoms with Gasteiger partial charge in [0, 0.05) is 10.7 Å². The molecule has 18 heavy (non-hydrogen) atoms. The summed E-state index contributed by atoms with van der Waals surface area (Å²) in [4.78, 5) is 22.1. The third-order valence-corrected chi connectivity index (χ3v) is 2.47. The van der Waals surface area contributed by atoms with E-state index >= 15 is 0 Å². The van der Waals surface area contributed by atoms with E-state index in [1.54, 1.807) is 25.1 Å². The van der Waals surface area contributed by atoms with Crippen LogP contribution in [-0.4, -0.2) is 34.9 Å². The Morgan fingerprint density at radius 1 is 1.44 bits per heavy atom. The number of rotatable bonds is 4. The Balaban J connectivity index is 2.70. The minimum Gasteiger partial charge on any atom is -0.480 e. The van der Waals surface area contributed by atoms with Gasteiger partial charge in [-0.25, -0.2) is 9.59 Å². The SMILES string of the molecule is Cc1ccc(Cl)cc1NC(=O)NC(CO)C(=O)O. The zero-order valence-corrected chi connectivity index (χ0v) is 10.4. The van der Waals surface area contributed by atoms with Gasteiger partial charge in [0.25, 0.3) is 0 Å². The molecule has 1 aromatic rings. The Kier molecular flexibility index (Phi) is 4.94. The van der Waals surface area contributed by atoms with E-state index in [2.05, 4.69) is 10.6 Å². The summed E-state index contributed by atoms with van der Waals surface area (Å²) in [5.41, 5.74) is 1.26. The molecule has 0 aromatic heterocycles. The first-order valence-corrected chi connectivity index (χ1v) is 5.49. The van der Waals surface area contributed by atoms with Crippen molar-refractivity contribution in [3.05, 3.63) is 28.8 Å². The Hall–Kier alpha value is -1.79. The molecule has 7 heteroatoms. The summed E-state index contributed by atoms with van der Waals surface area (Å²) in [6, 6.07) is 2.88. The van der Waals surface area contributed by atoms with Crippen LogP contribution < -0.4 is 10.6 Å². The average molecular weight is 273 g/mol. The first-order chi connectivity index (χ1) is 8.43. The number of aliphatic hydroxyl groups excluding tert-OH is 1. The Labute approximate surface area is 109 Å². The second-order valence-electron chi connectivity index (χ2n) is 3.63. The van der Waals surface area contributed by atoms with Crippen molar-refractivity contribution in [2.45, 2.75) is 13.0 Å². The molecule has 4 N–H and O–H groups in total. The van der Waals surface area contributed by atoms with Crippen LogP contribution in [0.4, 0.5) is 10.5 Å². The Morgan fingerprint density at radius 2 is 2.11 bits per heavy atom. The number of hydrogen-bond acceptors (Lipinski definition) is 3. The van der Waals surface area contributed by atoms with Gasteiger partial charge < -0.3 is 20.8 Å². The molecular formula is C11H13ClN2O4. The van der Waals surface area contributed by atoms with E-state index in [0.717, 1.165) is 5.56 Å². The first kappa shape index (κ1) is 14.3. The summed E-state index contributed by atoms with van der Waals surface area (Å²) >= 11 is 5.78. The number of halogens is 1. The quantitative estimate of drug-likeness (QED) is 0.662. The normalized spacial score (nSPS) is 11.7. The second kappa shape index (κ2) is 6.23. The summed E-state index contributed by atoms with van der Waals surface area (Å²) in [5, 5.41) is 22.5. The topological polar surface area (TPSA) is 98.7 Å². The fraction of sp³-hybridized carbons (Fsp3) is 0.273. The van der Waals surface area contributed by atoms with Gasteiger partial charge in [0.05, 0.1) is 6.61 Å². The fourth-order valence-corrected chi connectivity index (χ4v) is 1.40. The average Bonchev–Trinajstić information content (AvgIpc) is 2.30. The lowest BCUT2D eigenvalue weighted by atomic mass is 10.2. The minimum atomic E-state index is -1.34. The molecule has 6 nitrogen and oxygen atoms in total. The summed E-state index contributed by atoms with van der Waals surface area (Å²) in [5.74, 6) is -1.31. The molecule has 2 amide bonds. The second-order valence-corrected chi connectivity index (χ2v) is 4.07. The van der Waals surface area contributed by atoms with Gasteiger partial charge in [-0.2, -0.15) is 0 Å². The summed E-state index contributed by atoms with van der Waals surface area (Å²) in [6.45, 7) is 1.09. The van der Waals surface area contributed by atoms with Crippen molar-refractivity contribution < 1.29 is 19.8 Å². The Bertz CT molecular complexity index is 464. The van der Waals surface area contributed by atoms with Crippen molar-refractivity contribution >= 4 is 29.3 Å². The number of urea groups is 1. The van der Waals surface area contributed by atoms with E-state index in [4.69, 9.17) is 21.8 Å². The van der Waals surface area contributed by atoms with Crippen molar-refractivity contribution in [3.8, 4) is 0 Å². The predicted molar refractivity (Wildman–Crippen MR) is 66.9 cm³/mol. The highest BCUT2D eigenvalue weighted by Crippen LogP contribution is 2.19. The molecule has 0 heterocycles. The van der Waals surface area contributed by atoms with Crippen LogP contribution in [0.5, 0.6) is 0 Å². The van der Waals surface area contributed by atoms with E-state index in [1.165, 1.54) is 0 Å². The van der Waals surface area contributed by atoms with Crippen LogP contribution in [0, 0.1) is 6.92 Å². The van der Waals surface area contributed by atoms with Crippen molar-refractivity contribution in [3.63, 3.8) is 0 Å². The van der Waals surface area contributed by atoms with E-state index in [9.17, 15) is 9.59 Å². The predicted octanol–water partition coefficient (Wildman–Crippen LogP) is 1.22. The fourth-order valence-electron chi connectivity index (χ4n) is 1.23. The standard InChI is InChI=1S/C11H13ClN2O4/c1-6-2-3-7(12)4-8(6)13-11(18)14-9(5-15)10(16)17/h2-4,9,15H,5H2,1H3,(H,16,17)(H2,13,14,18). The van der Waals surface area contributed by atoms with Crippen LogP contribution in [-0.2, 0) is 4.79 Å². The van der Waals surface area contributed by atoms with E-state index < -0.39 is 24.6 Å². The zero-order valence-electron chi connectivity index (χ0n) is 9.61. The van der Waals surface area contributed by atoms with Crippen molar-refractivity contribution in [2.24, 2.45) is 0 Å². The lowest BCUT2D eigenvalue weighted by Crippen LogP contribution is -2.45. The molecule has 0 saturated heterocycles. The molecule has 0 fully saturated rings. The highest BCUT2D eigenvalue weighted by Gasteiger charge is 2.18. The summed E-state index contributed by atoms with van der Waals surface area (Å²) < 4.78 is 0. The number of carboxylic acid groups (broad SMARTS) is 1. The molecule has 0 spiro atoms. The Morgan fingerprint density at radius 3 is 2.67 bits per heavy atom. The largest absolute Gasteiger partial charge is 0.480 e. The lowest BCUT2D eigenvalue weighted by Gasteiger charge is -2.14. The van der Waals surface area contributed by atoms with Gasteiger partial charge in [-0.3, -0.25) is 0 Å². The van der Waals surface area contributed by atoms with Gasteiger partial charge in [0.2, 0.25) is 0 Å². The molecule has 0 radical (unpaired) electrons. The number of hydrogen-bond donors (Lipinski definition) is 4. The first-order valence-electron chi connectivity index (χ1n) is 5.11. The van der Waals surface area contributed by atoms with Crippen molar-refractivity contribution in [1.82, 2.24) is 5.32 Å². The van der Waals surface area contributed by atoms with E-state index in [1.807, 2.05) is 0 Å². The molecule has 0 aliphatic carbocycles. The molecule has 1 unspecified atom stereocenters. The molecule has 98 valence electrons. The minimum absolute atomic E-state index is 0.452. The maximum absolute atomic E-state index is 11.5. The monoisotopic (exact) mass is 272 g/mol. The number of aliphatic carboxylic acids is 1. The number of carbonyl (C=O) groups excluding carboxylic acids is 1. The molecule has 1 atom stereocenters. The number of aryl methyl sites for hydroxylation is 1.